The minimum atomic E-state index is -0.441. The molecule has 1 heterocycles. The molecule has 0 bridgehead atoms. The summed E-state index contributed by atoms with van der Waals surface area (Å²) in [4.78, 5) is 11.9. The first kappa shape index (κ1) is 15.6. The summed E-state index contributed by atoms with van der Waals surface area (Å²) in [6.45, 7) is 3.79. The number of anilines is 1. The SMILES string of the molecule is CCOC(=O)c1c(N/N=C\c2ccccc2OC)n[nH]c1C. The summed E-state index contributed by atoms with van der Waals surface area (Å²) < 4.78 is 10.2. The van der Waals surface area contributed by atoms with Gasteiger partial charge in [-0.05, 0) is 26.0 Å². The van der Waals surface area contributed by atoms with Gasteiger partial charge in [-0.15, -0.1) is 0 Å². The molecule has 7 heteroatoms. The molecule has 0 amide bonds. The van der Waals surface area contributed by atoms with Crippen LogP contribution < -0.4 is 10.2 Å². The average molecular weight is 302 g/mol. The number of rotatable bonds is 6. The Labute approximate surface area is 128 Å². The van der Waals surface area contributed by atoms with Gasteiger partial charge in [-0.25, -0.2) is 4.79 Å². The summed E-state index contributed by atoms with van der Waals surface area (Å²) in [5, 5.41) is 10.8. The van der Waals surface area contributed by atoms with E-state index in [1.807, 2.05) is 24.3 Å². The average Bonchev–Trinajstić information content (AvgIpc) is 2.89. The number of nitrogens with one attached hydrogen (secondary N) is 2. The molecule has 0 aliphatic heterocycles. The molecular formula is C15H18N4O3. The molecule has 0 aliphatic carbocycles. The van der Waals surface area contributed by atoms with Gasteiger partial charge in [-0.1, -0.05) is 12.1 Å². The van der Waals surface area contributed by atoms with Crippen LogP contribution in [0.4, 0.5) is 5.82 Å². The first-order valence-corrected chi connectivity index (χ1v) is 6.81. The summed E-state index contributed by atoms with van der Waals surface area (Å²) in [5.74, 6) is 0.586. The lowest BCUT2D eigenvalue weighted by atomic mass is 10.2. The molecule has 116 valence electrons. The molecule has 1 aromatic heterocycles. The van der Waals surface area contributed by atoms with Gasteiger partial charge < -0.3 is 9.47 Å². The van der Waals surface area contributed by atoms with Crippen LogP contribution in [0.15, 0.2) is 29.4 Å². The molecule has 2 aromatic rings. The minimum absolute atomic E-state index is 0.299. The Morgan fingerprint density at radius 3 is 2.95 bits per heavy atom. The lowest BCUT2D eigenvalue weighted by Gasteiger charge is -2.04. The highest BCUT2D eigenvalue weighted by Crippen LogP contribution is 2.18. The van der Waals surface area contributed by atoms with E-state index in [9.17, 15) is 4.79 Å². The molecule has 1 aromatic carbocycles. The largest absolute Gasteiger partial charge is 0.496 e. The number of hydrazone groups is 1. The van der Waals surface area contributed by atoms with Crippen LogP contribution in [-0.4, -0.2) is 36.1 Å². The van der Waals surface area contributed by atoms with Gasteiger partial charge in [0.1, 0.15) is 11.3 Å². The fourth-order valence-corrected chi connectivity index (χ4v) is 1.90. The highest BCUT2D eigenvalue weighted by molar-refractivity contribution is 5.96. The molecule has 0 unspecified atom stereocenters. The normalized spacial score (nSPS) is 10.7. The minimum Gasteiger partial charge on any atom is -0.496 e. The van der Waals surface area contributed by atoms with Gasteiger partial charge in [0, 0.05) is 11.3 Å². The lowest BCUT2D eigenvalue weighted by molar-refractivity contribution is 0.0526. The number of hydrogen-bond acceptors (Lipinski definition) is 6. The smallest absolute Gasteiger partial charge is 0.343 e. The Bertz CT molecular complexity index is 679. The van der Waals surface area contributed by atoms with E-state index in [-0.39, 0.29) is 0 Å². The van der Waals surface area contributed by atoms with E-state index in [0.717, 1.165) is 5.56 Å². The molecule has 0 aliphatic rings. The van der Waals surface area contributed by atoms with Crippen molar-refractivity contribution in [1.82, 2.24) is 10.2 Å². The molecule has 0 saturated carbocycles. The third-order valence-electron chi connectivity index (χ3n) is 2.94. The van der Waals surface area contributed by atoms with Crippen LogP contribution >= 0.6 is 0 Å². The van der Waals surface area contributed by atoms with Crippen LogP contribution in [0.2, 0.25) is 0 Å². The van der Waals surface area contributed by atoms with Crippen LogP contribution in [0.5, 0.6) is 5.75 Å². The number of hydrogen-bond donors (Lipinski definition) is 2. The number of para-hydroxylation sites is 1. The molecule has 2 rings (SSSR count). The second-order valence-corrected chi connectivity index (χ2v) is 4.40. The molecule has 0 atom stereocenters. The van der Waals surface area contributed by atoms with E-state index in [0.29, 0.717) is 29.4 Å². The van der Waals surface area contributed by atoms with E-state index in [2.05, 4.69) is 20.7 Å². The quantitative estimate of drug-likeness (QED) is 0.486. The summed E-state index contributed by atoms with van der Waals surface area (Å²) in [7, 11) is 1.59. The molecular weight excluding hydrogens is 284 g/mol. The van der Waals surface area contributed by atoms with Crippen LogP contribution in [0, 0.1) is 6.92 Å². The third kappa shape index (κ3) is 3.43. The Hall–Kier alpha value is -2.83. The van der Waals surface area contributed by atoms with Gasteiger partial charge in [-0.2, -0.15) is 10.2 Å². The molecule has 0 fully saturated rings. The first-order chi connectivity index (χ1) is 10.7. The summed E-state index contributed by atoms with van der Waals surface area (Å²) in [6.07, 6.45) is 1.60. The fraction of sp³-hybridized carbons (Fsp3) is 0.267. The number of H-pyrrole nitrogens is 1. The van der Waals surface area contributed by atoms with E-state index in [1.54, 1.807) is 27.2 Å². The van der Waals surface area contributed by atoms with Crippen molar-refractivity contribution in [3.8, 4) is 5.75 Å². The summed E-state index contributed by atoms with van der Waals surface area (Å²) in [5.41, 5.74) is 4.52. The van der Waals surface area contributed by atoms with Crippen molar-refractivity contribution in [1.29, 1.82) is 0 Å². The van der Waals surface area contributed by atoms with E-state index in [4.69, 9.17) is 9.47 Å². The van der Waals surface area contributed by atoms with Crippen molar-refractivity contribution in [3.05, 3.63) is 41.1 Å². The van der Waals surface area contributed by atoms with Crippen LogP contribution in [0.25, 0.3) is 0 Å². The zero-order chi connectivity index (χ0) is 15.9. The molecule has 22 heavy (non-hydrogen) atoms. The Kier molecular flexibility index (Phi) is 5.13. The van der Waals surface area contributed by atoms with E-state index >= 15 is 0 Å². The number of aromatic nitrogens is 2. The third-order valence-corrected chi connectivity index (χ3v) is 2.94. The van der Waals surface area contributed by atoms with Crippen molar-refractivity contribution >= 4 is 18.0 Å². The summed E-state index contributed by atoms with van der Waals surface area (Å²) in [6, 6.07) is 7.46. The second-order valence-electron chi connectivity index (χ2n) is 4.40. The number of esters is 1. The number of benzene rings is 1. The van der Waals surface area contributed by atoms with E-state index < -0.39 is 5.97 Å². The van der Waals surface area contributed by atoms with Crippen molar-refractivity contribution in [2.24, 2.45) is 5.10 Å². The van der Waals surface area contributed by atoms with Crippen LogP contribution in [0.3, 0.4) is 0 Å². The van der Waals surface area contributed by atoms with Crippen LogP contribution in [0.1, 0.15) is 28.5 Å². The topological polar surface area (TPSA) is 88.6 Å². The van der Waals surface area contributed by atoms with Gasteiger partial charge in [0.15, 0.2) is 5.82 Å². The number of aromatic amines is 1. The number of carbonyl (C=O) groups excluding carboxylic acids is 1. The molecule has 2 N–H and O–H groups in total. The molecule has 0 spiro atoms. The van der Waals surface area contributed by atoms with Gasteiger partial charge in [0.05, 0.1) is 19.9 Å². The maximum atomic E-state index is 11.9. The molecule has 0 radical (unpaired) electrons. The second kappa shape index (κ2) is 7.26. The Morgan fingerprint density at radius 1 is 1.45 bits per heavy atom. The predicted octanol–water partition coefficient (Wildman–Crippen LogP) is 2.35. The first-order valence-electron chi connectivity index (χ1n) is 6.81. The van der Waals surface area contributed by atoms with Gasteiger partial charge in [0.2, 0.25) is 0 Å². The van der Waals surface area contributed by atoms with Gasteiger partial charge >= 0.3 is 5.97 Å². The highest BCUT2D eigenvalue weighted by Gasteiger charge is 2.18. The predicted molar refractivity (Wildman–Crippen MR) is 83.5 cm³/mol. The number of carbonyl (C=O) groups is 1. The number of ether oxygens (including phenoxy) is 2. The Morgan fingerprint density at radius 2 is 2.23 bits per heavy atom. The van der Waals surface area contributed by atoms with Gasteiger partial charge in [0.25, 0.3) is 0 Å². The number of aryl methyl sites for hydroxylation is 1. The maximum absolute atomic E-state index is 11.9. The van der Waals surface area contributed by atoms with Crippen molar-refractivity contribution in [2.75, 3.05) is 19.1 Å². The van der Waals surface area contributed by atoms with Crippen molar-refractivity contribution in [3.63, 3.8) is 0 Å². The maximum Gasteiger partial charge on any atom is 0.343 e. The lowest BCUT2D eigenvalue weighted by Crippen LogP contribution is -2.08. The standard InChI is InChI=1S/C15H18N4O3/c1-4-22-15(20)13-10(2)17-19-14(13)18-16-9-11-7-5-6-8-12(11)21-3/h5-9H,4H2,1-3H3,(H2,17,18,19)/b16-9-. The summed E-state index contributed by atoms with van der Waals surface area (Å²) >= 11 is 0. The Balaban J connectivity index is 2.15. The van der Waals surface area contributed by atoms with Crippen molar-refractivity contribution < 1.29 is 14.3 Å². The molecule has 0 saturated heterocycles. The van der Waals surface area contributed by atoms with Gasteiger partial charge in [-0.3, -0.25) is 10.5 Å². The van der Waals surface area contributed by atoms with Crippen LogP contribution in [-0.2, 0) is 4.74 Å². The molecule has 7 nitrogen and oxygen atoms in total. The zero-order valence-electron chi connectivity index (χ0n) is 12.7. The number of nitrogens with zero attached hydrogens (tertiary/aromatic N) is 2. The fourth-order valence-electron chi connectivity index (χ4n) is 1.90. The highest BCUT2D eigenvalue weighted by atomic mass is 16.5. The number of methoxy groups -OCH3 is 1. The van der Waals surface area contributed by atoms with Crippen molar-refractivity contribution in [2.45, 2.75) is 13.8 Å². The van der Waals surface area contributed by atoms with E-state index in [1.165, 1.54) is 0 Å². The zero-order valence-corrected chi connectivity index (χ0v) is 12.7. The monoisotopic (exact) mass is 302 g/mol.